The molecule has 2 atom stereocenters. The quantitative estimate of drug-likeness (QED) is 0.916. The predicted octanol–water partition coefficient (Wildman–Crippen LogP) is 4.03. The first-order valence-electron chi connectivity index (χ1n) is 8.60. The van der Waals surface area contributed by atoms with E-state index in [4.69, 9.17) is 4.74 Å². The van der Waals surface area contributed by atoms with Crippen molar-refractivity contribution in [2.24, 2.45) is 0 Å². The number of nitrogens with zero attached hydrogens (tertiary/aromatic N) is 1. The molecule has 2 fully saturated rings. The number of rotatable bonds is 3. The van der Waals surface area contributed by atoms with E-state index in [0.29, 0.717) is 6.04 Å². The number of anilines is 1. The SMILES string of the molecule is O=C(Nc1ccccc1)OC1CCCCC1N1CCCCC1. The van der Waals surface area contributed by atoms with E-state index in [1.54, 1.807) is 0 Å². The van der Waals surface area contributed by atoms with E-state index in [1.165, 1.54) is 25.7 Å². The number of benzene rings is 1. The van der Waals surface area contributed by atoms with E-state index in [0.717, 1.165) is 38.0 Å². The number of hydrogen-bond donors (Lipinski definition) is 1. The van der Waals surface area contributed by atoms with Gasteiger partial charge in [0.1, 0.15) is 6.10 Å². The summed E-state index contributed by atoms with van der Waals surface area (Å²) in [6.07, 6.45) is 8.17. The third kappa shape index (κ3) is 4.01. The first-order valence-corrected chi connectivity index (χ1v) is 8.60. The normalized spacial score (nSPS) is 26.4. The van der Waals surface area contributed by atoms with Gasteiger partial charge in [0, 0.05) is 11.7 Å². The molecule has 1 aromatic rings. The molecule has 2 aliphatic rings. The van der Waals surface area contributed by atoms with Crippen molar-refractivity contribution >= 4 is 11.8 Å². The van der Waals surface area contributed by atoms with Crippen LogP contribution in [0.1, 0.15) is 44.9 Å². The number of carbonyl (C=O) groups is 1. The summed E-state index contributed by atoms with van der Waals surface area (Å²) in [5, 5.41) is 2.83. The second-order valence-corrected chi connectivity index (χ2v) is 6.38. The molecular weight excluding hydrogens is 276 g/mol. The van der Waals surface area contributed by atoms with Crippen LogP contribution in [-0.2, 0) is 4.74 Å². The van der Waals surface area contributed by atoms with Crippen molar-refractivity contribution in [3.05, 3.63) is 30.3 Å². The van der Waals surface area contributed by atoms with Gasteiger partial charge in [0.2, 0.25) is 0 Å². The van der Waals surface area contributed by atoms with Crippen molar-refractivity contribution in [2.45, 2.75) is 57.1 Å². The molecule has 0 radical (unpaired) electrons. The molecule has 1 N–H and O–H groups in total. The highest BCUT2D eigenvalue weighted by molar-refractivity contribution is 5.84. The number of nitrogens with one attached hydrogen (secondary N) is 1. The molecule has 0 aromatic heterocycles. The maximum absolute atomic E-state index is 12.2. The number of ether oxygens (including phenoxy) is 1. The van der Waals surface area contributed by atoms with Crippen LogP contribution in [-0.4, -0.2) is 36.2 Å². The lowest BCUT2D eigenvalue weighted by atomic mass is 9.90. The topological polar surface area (TPSA) is 41.6 Å². The number of likely N-dealkylation sites (tertiary alicyclic amines) is 1. The summed E-state index contributed by atoms with van der Waals surface area (Å²) in [7, 11) is 0. The zero-order valence-electron chi connectivity index (χ0n) is 13.2. The minimum absolute atomic E-state index is 0.0376. The van der Waals surface area contributed by atoms with E-state index < -0.39 is 0 Å². The van der Waals surface area contributed by atoms with Crippen molar-refractivity contribution in [3.63, 3.8) is 0 Å². The molecule has 120 valence electrons. The summed E-state index contributed by atoms with van der Waals surface area (Å²) in [6.45, 7) is 2.32. The summed E-state index contributed by atoms with van der Waals surface area (Å²) in [5.41, 5.74) is 0.790. The predicted molar refractivity (Wildman–Crippen MR) is 88.0 cm³/mol. The van der Waals surface area contributed by atoms with Gasteiger partial charge in [-0.15, -0.1) is 0 Å². The smallest absolute Gasteiger partial charge is 0.411 e. The molecule has 4 nitrogen and oxygen atoms in total. The third-order valence-electron chi connectivity index (χ3n) is 4.81. The monoisotopic (exact) mass is 302 g/mol. The van der Waals surface area contributed by atoms with Gasteiger partial charge in [-0.05, 0) is 57.3 Å². The zero-order valence-corrected chi connectivity index (χ0v) is 13.2. The maximum atomic E-state index is 12.2. The zero-order chi connectivity index (χ0) is 15.2. The molecule has 22 heavy (non-hydrogen) atoms. The molecule has 1 aliphatic heterocycles. The highest BCUT2D eigenvalue weighted by atomic mass is 16.6. The molecule has 0 spiro atoms. The van der Waals surface area contributed by atoms with Gasteiger partial charge in [0.05, 0.1) is 0 Å². The average Bonchev–Trinajstić information content (AvgIpc) is 2.57. The Morgan fingerprint density at radius 1 is 1.00 bits per heavy atom. The molecule has 1 saturated heterocycles. The summed E-state index contributed by atoms with van der Waals surface area (Å²) in [5.74, 6) is 0. The van der Waals surface area contributed by atoms with Crippen LogP contribution in [0.2, 0.25) is 0 Å². The Morgan fingerprint density at radius 2 is 1.73 bits per heavy atom. The largest absolute Gasteiger partial charge is 0.444 e. The van der Waals surface area contributed by atoms with Crippen LogP contribution in [0.5, 0.6) is 0 Å². The van der Waals surface area contributed by atoms with Crippen LogP contribution in [0.3, 0.4) is 0 Å². The number of piperidine rings is 1. The van der Waals surface area contributed by atoms with Gasteiger partial charge in [0.25, 0.3) is 0 Å². The molecule has 4 heteroatoms. The lowest BCUT2D eigenvalue weighted by Crippen LogP contribution is -2.49. The average molecular weight is 302 g/mol. The molecule has 0 bridgehead atoms. The van der Waals surface area contributed by atoms with E-state index in [9.17, 15) is 4.79 Å². The number of para-hydroxylation sites is 1. The van der Waals surface area contributed by atoms with Crippen molar-refractivity contribution < 1.29 is 9.53 Å². The van der Waals surface area contributed by atoms with Crippen LogP contribution in [0, 0.1) is 0 Å². The van der Waals surface area contributed by atoms with Crippen LogP contribution in [0.15, 0.2) is 30.3 Å². The van der Waals surface area contributed by atoms with Crippen molar-refractivity contribution in [1.29, 1.82) is 0 Å². The Kier molecular flexibility index (Phi) is 5.33. The Hall–Kier alpha value is -1.55. The maximum Gasteiger partial charge on any atom is 0.411 e. The fourth-order valence-electron chi connectivity index (χ4n) is 3.69. The van der Waals surface area contributed by atoms with E-state index in [1.807, 2.05) is 30.3 Å². The first-order chi connectivity index (χ1) is 10.8. The molecule has 1 amide bonds. The van der Waals surface area contributed by atoms with Gasteiger partial charge >= 0.3 is 6.09 Å². The van der Waals surface area contributed by atoms with Gasteiger partial charge in [0.15, 0.2) is 0 Å². The Labute approximate surface area is 132 Å². The van der Waals surface area contributed by atoms with Crippen LogP contribution in [0.25, 0.3) is 0 Å². The summed E-state index contributed by atoms with van der Waals surface area (Å²) in [4.78, 5) is 14.7. The molecule has 1 saturated carbocycles. The van der Waals surface area contributed by atoms with Crippen molar-refractivity contribution in [3.8, 4) is 0 Å². The lowest BCUT2D eigenvalue weighted by Gasteiger charge is -2.41. The van der Waals surface area contributed by atoms with Crippen molar-refractivity contribution in [1.82, 2.24) is 4.90 Å². The summed E-state index contributed by atoms with van der Waals surface area (Å²) in [6, 6.07) is 9.92. The van der Waals surface area contributed by atoms with E-state index in [2.05, 4.69) is 10.2 Å². The fourth-order valence-corrected chi connectivity index (χ4v) is 3.69. The Bertz CT molecular complexity index is 471. The number of amides is 1. The minimum atomic E-state index is -0.319. The van der Waals surface area contributed by atoms with Crippen LogP contribution < -0.4 is 5.32 Å². The van der Waals surface area contributed by atoms with Gasteiger partial charge in [-0.2, -0.15) is 0 Å². The second-order valence-electron chi connectivity index (χ2n) is 6.38. The Morgan fingerprint density at radius 3 is 2.50 bits per heavy atom. The third-order valence-corrected chi connectivity index (χ3v) is 4.81. The molecule has 1 heterocycles. The van der Waals surface area contributed by atoms with Crippen LogP contribution in [0.4, 0.5) is 10.5 Å². The van der Waals surface area contributed by atoms with Gasteiger partial charge in [-0.25, -0.2) is 4.79 Å². The second kappa shape index (κ2) is 7.63. The van der Waals surface area contributed by atoms with Gasteiger partial charge in [-0.3, -0.25) is 10.2 Å². The first kappa shape index (κ1) is 15.3. The Balaban J connectivity index is 1.57. The number of hydrogen-bond acceptors (Lipinski definition) is 3. The molecule has 1 aliphatic carbocycles. The van der Waals surface area contributed by atoms with Crippen LogP contribution >= 0.6 is 0 Å². The highest BCUT2D eigenvalue weighted by Crippen LogP contribution is 2.28. The van der Waals surface area contributed by atoms with Gasteiger partial charge in [-0.1, -0.05) is 31.0 Å². The highest BCUT2D eigenvalue weighted by Gasteiger charge is 2.33. The van der Waals surface area contributed by atoms with Crippen molar-refractivity contribution in [2.75, 3.05) is 18.4 Å². The fraction of sp³-hybridized carbons (Fsp3) is 0.611. The summed E-state index contributed by atoms with van der Waals surface area (Å²) >= 11 is 0. The molecule has 3 rings (SSSR count). The molecular formula is C18H26N2O2. The number of carbonyl (C=O) groups excluding carboxylic acids is 1. The standard InChI is InChI=1S/C18H26N2O2/c21-18(19-15-9-3-1-4-10-15)22-17-12-6-5-11-16(17)20-13-7-2-8-14-20/h1,3-4,9-10,16-17H,2,5-8,11-14H2,(H,19,21). The summed E-state index contributed by atoms with van der Waals surface area (Å²) < 4.78 is 5.77. The van der Waals surface area contributed by atoms with E-state index >= 15 is 0 Å². The minimum Gasteiger partial charge on any atom is -0.444 e. The van der Waals surface area contributed by atoms with Gasteiger partial charge < -0.3 is 4.74 Å². The lowest BCUT2D eigenvalue weighted by molar-refractivity contribution is 0.00174. The van der Waals surface area contributed by atoms with E-state index in [-0.39, 0.29) is 12.2 Å². The molecule has 2 unspecified atom stereocenters. The molecule has 1 aromatic carbocycles.